The monoisotopic (exact) mass is 275 g/mol. The van der Waals surface area contributed by atoms with Crippen molar-refractivity contribution >= 4 is 5.91 Å². The molecule has 0 unspecified atom stereocenters. The van der Waals surface area contributed by atoms with Gasteiger partial charge in [0.2, 0.25) is 0 Å². The Bertz CT molecular complexity index is 551. The van der Waals surface area contributed by atoms with Gasteiger partial charge in [-0.15, -0.1) is 0 Å². The normalized spacial score (nSPS) is 38.2. The van der Waals surface area contributed by atoms with Crippen LogP contribution in [0.4, 0.5) is 0 Å². The first-order valence-electron chi connectivity index (χ1n) is 7.60. The van der Waals surface area contributed by atoms with Crippen molar-refractivity contribution in [3.8, 4) is 0 Å². The first-order chi connectivity index (χ1) is 9.56. The molecule has 108 valence electrons. The number of aromatic amines is 1. The molecule has 20 heavy (non-hydrogen) atoms. The Morgan fingerprint density at radius 3 is 2.90 bits per heavy atom. The molecule has 2 bridgehead atoms. The van der Waals surface area contributed by atoms with Gasteiger partial charge in [0, 0.05) is 12.2 Å². The van der Waals surface area contributed by atoms with E-state index >= 15 is 0 Å². The van der Waals surface area contributed by atoms with Gasteiger partial charge in [-0.05, 0) is 42.6 Å². The summed E-state index contributed by atoms with van der Waals surface area (Å²) in [6.45, 7) is 4.94. The van der Waals surface area contributed by atoms with Gasteiger partial charge in [-0.1, -0.05) is 13.8 Å². The molecule has 4 rings (SSSR count). The first kappa shape index (κ1) is 12.4. The highest BCUT2D eigenvalue weighted by Gasteiger charge is 2.60. The largest absolute Gasteiger partial charge is 0.391 e. The van der Waals surface area contributed by atoms with Crippen molar-refractivity contribution in [2.24, 2.45) is 17.8 Å². The van der Waals surface area contributed by atoms with Crippen LogP contribution in [0.2, 0.25) is 0 Å². The highest BCUT2D eigenvalue weighted by atomic mass is 16.3. The Balaban J connectivity index is 1.60. The molecule has 3 fully saturated rings. The fourth-order valence-electron chi connectivity index (χ4n) is 4.54. The minimum absolute atomic E-state index is 0.0211. The van der Waals surface area contributed by atoms with Crippen molar-refractivity contribution in [2.75, 3.05) is 6.54 Å². The number of carbonyl (C=O) groups is 1. The molecular formula is C15H21N3O2. The molecule has 0 radical (unpaired) electrons. The van der Waals surface area contributed by atoms with Crippen molar-refractivity contribution < 1.29 is 9.90 Å². The lowest BCUT2D eigenvalue weighted by Crippen LogP contribution is -2.43. The SMILES string of the molecule is CC(C)c1cc(C(=O)N2C[C@@H]3C[C@H]4C[C@H]3[C@H]2[C@H]4O)n[nH]1. The summed E-state index contributed by atoms with van der Waals surface area (Å²) in [5.74, 6) is 1.84. The topological polar surface area (TPSA) is 69.2 Å². The number of aliphatic hydroxyl groups excluding tert-OH is 1. The lowest BCUT2D eigenvalue weighted by atomic mass is 9.88. The number of nitrogens with one attached hydrogen (secondary N) is 1. The number of carbonyl (C=O) groups excluding carboxylic acids is 1. The zero-order valence-corrected chi connectivity index (χ0v) is 11.9. The van der Waals surface area contributed by atoms with Crippen LogP contribution in [0.25, 0.3) is 0 Å². The molecule has 2 N–H and O–H groups in total. The summed E-state index contributed by atoms with van der Waals surface area (Å²) in [7, 11) is 0. The molecule has 2 saturated carbocycles. The zero-order chi connectivity index (χ0) is 14.0. The Kier molecular flexibility index (Phi) is 2.52. The average molecular weight is 275 g/mol. The van der Waals surface area contributed by atoms with Crippen molar-refractivity contribution in [1.82, 2.24) is 15.1 Å². The van der Waals surface area contributed by atoms with Gasteiger partial charge in [-0.3, -0.25) is 9.89 Å². The van der Waals surface area contributed by atoms with E-state index in [-0.39, 0.29) is 18.1 Å². The van der Waals surface area contributed by atoms with Crippen molar-refractivity contribution in [3.05, 3.63) is 17.5 Å². The molecule has 1 aliphatic heterocycles. The van der Waals surface area contributed by atoms with Crippen molar-refractivity contribution in [2.45, 2.75) is 44.8 Å². The van der Waals surface area contributed by atoms with Crippen LogP contribution < -0.4 is 0 Å². The molecule has 5 atom stereocenters. The van der Waals surface area contributed by atoms with Gasteiger partial charge in [-0.2, -0.15) is 5.10 Å². The highest BCUT2D eigenvalue weighted by Crippen LogP contribution is 2.55. The number of aliphatic hydroxyl groups is 1. The van der Waals surface area contributed by atoms with Gasteiger partial charge in [0.05, 0.1) is 12.1 Å². The summed E-state index contributed by atoms with van der Waals surface area (Å²) in [4.78, 5) is 14.5. The predicted octanol–water partition coefficient (Wildman–Crippen LogP) is 1.37. The third-order valence-electron chi connectivity index (χ3n) is 5.55. The molecule has 0 spiro atoms. The van der Waals surface area contributed by atoms with Crippen LogP contribution in [0.15, 0.2) is 6.07 Å². The van der Waals surface area contributed by atoms with Crippen LogP contribution in [-0.2, 0) is 0 Å². The Morgan fingerprint density at radius 1 is 1.45 bits per heavy atom. The minimum Gasteiger partial charge on any atom is -0.391 e. The van der Waals surface area contributed by atoms with Gasteiger partial charge in [-0.25, -0.2) is 0 Å². The van der Waals surface area contributed by atoms with Crippen LogP contribution >= 0.6 is 0 Å². The van der Waals surface area contributed by atoms with E-state index in [1.807, 2.05) is 11.0 Å². The summed E-state index contributed by atoms with van der Waals surface area (Å²) in [5.41, 5.74) is 1.48. The maximum atomic E-state index is 12.7. The van der Waals surface area contributed by atoms with E-state index in [2.05, 4.69) is 24.0 Å². The minimum atomic E-state index is -0.328. The lowest BCUT2D eigenvalue weighted by Gasteiger charge is -2.28. The quantitative estimate of drug-likeness (QED) is 0.856. The summed E-state index contributed by atoms with van der Waals surface area (Å²) < 4.78 is 0. The molecule has 1 saturated heterocycles. The van der Waals surface area contributed by atoms with E-state index in [9.17, 15) is 9.90 Å². The van der Waals surface area contributed by atoms with Crippen LogP contribution in [-0.4, -0.2) is 44.8 Å². The fraction of sp³-hybridized carbons (Fsp3) is 0.733. The standard InChI is InChI=1S/C15H21N3O2/c1-7(2)11-5-12(17-16-11)15(20)18-6-9-3-8-4-10(9)13(18)14(8)19/h5,7-10,13-14,19H,3-4,6H2,1-2H3,(H,16,17)/t8-,9-,10+,13-,14-/m0/s1. The van der Waals surface area contributed by atoms with E-state index in [4.69, 9.17) is 0 Å². The van der Waals surface area contributed by atoms with Gasteiger partial charge >= 0.3 is 0 Å². The van der Waals surface area contributed by atoms with Crippen LogP contribution in [0.5, 0.6) is 0 Å². The predicted molar refractivity (Wildman–Crippen MR) is 73.2 cm³/mol. The van der Waals surface area contributed by atoms with Crippen LogP contribution in [0, 0.1) is 17.8 Å². The maximum absolute atomic E-state index is 12.7. The average Bonchev–Trinajstić information content (AvgIpc) is 3.11. The lowest BCUT2D eigenvalue weighted by molar-refractivity contribution is 0.0398. The molecule has 2 aliphatic carbocycles. The Labute approximate surface area is 118 Å². The smallest absolute Gasteiger partial charge is 0.274 e. The van der Waals surface area contributed by atoms with E-state index in [0.29, 0.717) is 29.4 Å². The number of hydrogen-bond donors (Lipinski definition) is 2. The van der Waals surface area contributed by atoms with Gasteiger partial charge in [0.15, 0.2) is 0 Å². The number of aromatic nitrogens is 2. The second-order valence-corrected chi connectivity index (χ2v) is 6.96. The zero-order valence-electron chi connectivity index (χ0n) is 11.9. The molecule has 3 aliphatic rings. The summed E-state index contributed by atoms with van der Waals surface area (Å²) in [5, 5.41) is 17.4. The second kappa shape index (κ2) is 4.07. The molecule has 2 heterocycles. The third kappa shape index (κ3) is 1.53. The number of likely N-dealkylation sites (tertiary alicyclic amines) is 1. The molecule has 1 aromatic heterocycles. The molecule has 5 heteroatoms. The van der Waals surface area contributed by atoms with Crippen molar-refractivity contribution in [3.63, 3.8) is 0 Å². The van der Waals surface area contributed by atoms with Gasteiger partial charge < -0.3 is 10.0 Å². The second-order valence-electron chi connectivity index (χ2n) is 6.96. The Hall–Kier alpha value is -1.36. The molecule has 0 aromatic carbocycles. The van der Waals surface area contributed by atoms with E-state index in [0.717, 1.165) is 25.1 Å². The van der Waals surface area contributed by atoms with Crippen LogP contribution in [0.1, 0.15) is 48.8 Å². The van der Waals surface area contributed by atoms with Crippen molar-refractivity contribution in [1.29, 1.82) is 0 Å². The van der Waals surface area contributed by atoms with E-state index < -0.39 is 0 Å². The molecule has 1 aromatic rings. The van der Waals surface area contributed by atoms with Crippen LogP contribution in [0.3, 0.4) is 0 Å². The number of amides is 1. The third-order valence-corrected chi connectivity index (χ3v) is 5.55. The maximum Gasteiger partial charge on any atom is 0.274 e. The first-order valence-corrected chi connectivity index (χ1v) is 7.60. The summed E-state index contributed by atoms with van der Waals surface area (Å²) in [6, 6.07) is 1.89. The molecular weight excluding hydrogens is 254 g/mol. The summed E-state index contributed by atoms with van der Waals surface area (Å²) >= 11 is 0. The number of nitrogens with zero attached hydrogens (tertiary/aromatic N) is 2. The fourth-order valence-corrected chi connectivity index (χ4v) is 4.54. The number of rotatable bonds is 2. The number of fused-ring (bicyclic) bond motifs is 1. The van der Waals surface area contributed by atoms with E-state index in [1.165, 1.54) is 0 Å². The summed E-state index contributed by atoms with van der Waals surface area (Å²) in [6.07, 6.45) is 1.85. The van der Waals surface area contributed by atoms with Gasteiger partial charge in [0.1, 0.15) is 5.69 Å². The van der Waals surface area contributed by atoms with Gasteiger partial charge in [0.25, 0.3) is 5.91 Å². The highest BCUT2D eigenvalue weighted by molar-refractivity contribution is 5.93. The molecule has 5 nitrogen and oxygen atoms in total. The molecule has 1 amide bonds. The van der Waals surface area contributed by atoms with E-state index in [1.54, 1.807) is 0 Å². The number of hydrogen-bond acceptors (Lipinski definition) is 3. The Morgan fingerprint density at radius 2 is 2.25 bits per heavy atom. The number of H-pyrrole nitrogens is 1.